The van der Waals surface area contributed by atoms with E-state index in [4.69, 9.17) is 9.26 Å². The molecule has 4 rings (SSSR count). The Balaban J connectivity index is 1.46. The lowest BCUT2D eigenvalue weighted by Crippen LogP contribution is -2.44. The summed E-state index contributed by atoms with van der Waals surface area (Å²) >= 11 is 0. The van der Waals surface area contributed by atoms with Crippen molar-refractivity contribution in [3.8, 4) is 23.0 Å². The van der Waals surface area contributed by atoms with Crippen molar-refractivity contribution in [2.75, 3.05) is 19.7 Å². The standard InChI is InChI=1S/C22H23FN4O4/c1-2-30-22(29)16-5-3-12-27(13-16)19(28)14-26-11-4-6-18(26)21-24-20(25-31-21)15-7-9-17(23)10-8-15/h4,6-11,16H,2-3,5,12-14H2,1H3/t16-/m0/s1. The number of likely N-dealkylation sites (tertiary alicyclic amines) is 1. The molecule has 1 fully saturated rings. The molecule has 0 saturated carbocycles. The number of carbonyl (C=O) groups is 2. The first-order valence-electron chi connectivity index (χ1n) is 10.2. The highest BCUT2D eigenvalue weighted by atomic mass is 19.1. The van der Waals surface area contributed by atoms with Gasteiger partial charge in [-0.2, -0.15) is 4.98 Å². The number of hydrogen-bond acceptors (Lipinski definition) is 6. The van der Waals surface area contributed by atoms with Crippen LogP contribution in [0.1, 0.15) is 19.8 Å². The highest BCUT2D eigenvalue weighted by molar-refractivity contribution is 5.79. The van der Waals surface area contributed by atoms with E-state index in [9.17, 15) is 14.0 Å². The van der Waals surface area contributed by atoms with Crippen molar-refractivity contribution in [1.29, 1.82) is 0 Å². The van der Waals surface area contributed by atoms with Crippen molar-refractivity contribution < 1.29 is 23.2 Å². The SMILES string of the molecule is CCOC(=O)[C@H]1CCCN(C(=O)Cn2cccc2-c2nc(-c3ccc(F)cc3)no2)C1. The predicted octanol–water partition coefficient (Wildman–Crippen LogP) is 3.15. The predicted molar refractivity (Wildman–Crippen MR) is 109 cm³/mol. The highest BCUT2D eigenvalue weighted by Crippen LogP contribution is 2.24. The number of benzene rings is 1. The molecule has 3 aromatic rings. The minimum atomic E-state index is -0.345. The van der Waals surface area contributed by atoms with Crippen molar-refractivity contribution in [3.63, 3.8) is 0 Å². The first kappa shape index (κ1) is 20.8. The fourth-order valence-electron chi connectivity index (χ4n) is 3.69. The number of amides is 1. The molecule has 9 heteroatoms. The van der Waals surface area contributed by atoms with E-state index in [1.807, 2.05) is 0 Å². The first-order valence-corrected chi connectivity index (χ1v) is 10.2. The second kappa shape index (κ2) is 9.11. The van der Waals surface area contributed by atoms with Gasteiger partial charge in [-0.25, -0.2) is 4.39 Å². The van der Waals surface area contributed by atoms with Gasteiger partial charge >= 0.3 is 5.97 Å². The fourth-order valence-corrected chi connectivity index (χ4v) is 3.69. The van der Waals surface area contributed by atoms with E-state index in [1.54, 1.807) is 46.9 Å². The van der Waals surface area contributed by atoms with Crippen LogP contribution in [0.2, 0.25) is 0 Å². The van der Waals surface area contributed by atoms with Crippen LogP contribution in [0.5, 0.6) is 0 Å². The third kappa shape index (κ3) is 4.65. The van der Waals surface area contributed by atoms with Crippen LogP contribution in [0.3, 0.4) is 0 Å². The number of hydrogen-bond donors (Lipinski definition) is 0. The maximum Gasteiger partial charge on any atom is 0.310 e. The summed E-state index contributed by atoms with van der Waals surface area (Å²) in [4.78, 5) is 31.0. The molecule has 0 bridgehead atoms. The summed E-state index contributed by atoms with van der Waals surface area (Å²) in [5, 5.41) is 3.96. The molecule has 8 nitrogen and oxygen atoms in total. The Morgan fingerprint density at radius 2 is 2.06 bits per heavy atom. The van der Waals surface area contributed by atoms with Gasteiger partial charge in [-0.1, -0.05) is 5.16 Å². The van der Waals surface area contributed by atoms with Crippen LogP contribution in [0.25, 0.3) is 23.0 Å². The average molecular weight is 426 g/mol. The van der Waals surface area contributed by atoms with Gasteiger partial charge < -0.3 is 18.7 Å². The quantitative estimate of drug-likeness (QED) is 0.563. The molecule has 1 aliphatic heterocycles. The first-order chi connectivity index (χ1) is 15.0. The van der Waals surface area contributed by atoms with Gasteiger partial charge in [-0.15, -0.1) is 0 Å². The van der Waals surface area contributed by atoms with Gasteiger partial charge in [0.15, 0.2) is 0 Å². The molecule has 31 heavy (non-hydrogen) atoms. The Bertz CT molecular complexity index is 1060. The fraction of sp³-hybridized carbons (Fsp3) is 0.364. The number of carbonyl (C=O) groups excluding carboxylic acids is 2. The average Bonchev–Trinajstić information content (AvgIpc) is 3.44. The molecule has 1 atom stereocenters. The maximum absolute atomic E-state index is 13.1. The van der Waals surface area contributed by atoms with Crippen LogP contribution in [0.4, 0.5) is 4.39 Å². The zero-order chi connectivity index (χ0) is 21.8. The monoisotopic (exact) mass is 426 g/mol. The van der Waals surface area contributed by atoms with Gasteiger partial charge in [0.25, 0.3) is 5.89 Å². The van der Waals surface area contributed by atoms with Crippen LogP contribution in [-0.2, 0) is 20.9 Å². The summed E-state index contributed by atoms with van der Waals surface area (Å²) in [5.41, 5.74) is 1.23. The topological polar surface area (TPSA) is 90.5 Å². The Kier molecular flexibility index (Phi) is 6.11. The zero-order valence-corrected chi connectivity index (χ0v) is 17.2. The lowest BCUT2D eigenvalue weighted by atomic mass is 9.98. The molecule has 1 saturated heterocycles. The van der Waals surface area contributed by atoms with Crippen molar-refractivity contribution in [2.24, 2.45) is 5.92 Å². The van der Waals surface area contributed by atoms with Crippen molar-refractivity contribution in [3.05, 3.63) is 48.4 Å². The van der Waals surface area contributed by atoms with E-state index < -0.39 is 0 Å². The molecule has 0 radical (unpaired) electrons. The number of esters is 1. The molecule has 0 unspecified atom stereocenters. The zero-order valence-electron chi connectivity index (χ0n) is 17.2. The van der Waals surface area contributed by atoms with Crippen LogP contribution in [-0.4, -0.2) is 51.2 Å². The van der Waals surface area contributed by atoms with E-state index in [2.05, 4.69) is 10.1 Å². The Morgan fingerprint density at radius 3 is 2.84 bits per heavy atom. The van der Waals surface area contributed by atoms with Gasteiger partial charge in [0.05, 0.1) is 12.5 Å². The summed E-state index contributed by atoms with van der Waals surface area (Å²) in [6, 6.07) is 9.38. The summed E-state index contributed by atoms with van der Waals surface area (Å²) < 4.78 is 25.4. The van der Waals surface area contributed by atoms with Gasteiger partial charge in [0, 0.05) is 24.8 Å². The summed E-state index contributed by atoms with van der Waals surface area (Å²) in [6.45, 7) is 3.17. The highest BCUT2D eigenvalue weighted by Gasteiger charge is 2.29. The second-order valence-corrected chi connectivity index (χ2v) is 7.38. The number of piperidine rings is 1. The molecule has 162 valence electrons. The van der Waals surface area contributed by atoms with E-state index in [1.165, 1.54) is 12.1 Å². The number of halogens is 1. The lowest BCUT2D eigenvalue weighted by molar-refractivity contribution is -0.151. The summed E-state index contributed by atoms with van der Waals surface area (Å²) in [6.07, 6.45) is 3.26. The number of ether oxygens (including phenoxy) is 1. The molecule has 0 spiro atoms. The summed E-state index contributed by atoms with van der Waals surface area (Å²) in [7, 11) is 0. The Labute approximate surface area is 178 Å². The van der Waals surface area contributed by atoms with E-state index in [0.717, 1.165) is 12.8 Å². The van der Waals surface area contributed by atoms with Crippen molar-refractivity contribution in [1.82, 2.24) is 19.6 Å². The second-order valence-electron chi connectivity index (χ2n) is 7.38. The largest absolute Gasteiger partial charge is 0.466 e. The Morgan fingerprint density at radius 1 is 1.26 bits per heavy atom. The normalized spacial score (nSPS) is 16.3. The molecule has 1 amide bonds. The molecule has 0 aliphatic carbocycles. The van der Waals surface area contributed by atoms with E-state index in [0.29, 0.717) is 36.8 Å². The molecule has 2 aromatic heterocycles. The van der Waals surface area contributed by atoms with Crippen molar-refractivity contribution >= 4 is 11.9 Å². The van der Waals surface area contributed by atoms with Gasteiger partial charge in [0.1, 0.15) is 18.1 Å². The molecular formula is C22H23FN4O4. The molecule has 0 N–H and O–H groups in total. The molecule has 3 heterocycles. The number of rotatable bonds is 6. The third-order valence-corrected chi connectivity index (χ3v) is 5.28. The maximum atomic E-state index is 13.1. The molecular weight excluding hydrogens is 403 g/mol. The van der Waals surface area contributed by atoms with E-state index >= 15 is 0 Å². The Hall–Kier alpha value is -3.49. The smallest absolute Gasteiger partial charge is 0.310 e. The van der Waals surface area contributed by atoms with Crippen molar-refractivity contribution in [2.45, 2.75) is 26.3 Å². The van der Waals surface area contributed by atoms with Crippen LogP contribution in [0.15, 0.2) is 47.1 Å². The van der Waals surface area contributed by atoms with Crippen LogP contribution < -0.4 is 0 Å². The van der Waals surface area contributed by atoms with Gasteiger partial charge in [-0.05, 0) is 56.2 Å². The van der Waals surface area contributed by atoms with Crippen LogP contribution in [0, 0.1) is 11.7 Å². The summed E-state index contributed by atoms with van der Waals surface area (Å²) in [5.74, 6) is -0.369. The minimum Gasteiger partial charge on any atom is -0.466 e. The lowest BCUT2D eigenvalue weighted by Gasteiger charge is -2.31. The molecule has 1 aromatic carbocycles. The van der Waals surface area contributed by atoms with Gasteiger partial charge in [0.2, 0.25) is 11.7 Å². The van der Waals surface area contributed by atoms with Gasteiger partial charge in [-0.3, -0.25) is 9.59 Å². The number of aromatic nitrogens is 3. The van der Waals surface area contributed by atoms with Crippen LogP contribution >= 0.6 is 0 Å². The number of nitrogens with zero attached hydrogens (tertiary/aromatic N) is 4. The minimum absolute atomic E-state index is 0.0894. The third-order valence-electron chi connectivity index (χ3n) is 5.28. The molecule has 1 aliphatic rings. The van der Waals surface area contributed by atoms with E-state index in [-0.39, 0.29) is 36.0 Å².